The standard InChI is InChI=1S/C16H13NO4S/c18-16-13-6-12(5-4-10(13)7-21-16)17-15-3-1-2-11-8-22(19,20)9-14(11)15/h1-6,17H,7-9H2. The summed E-state index contributed by atoms with van der Waals surface area (Å²) in [6, 6.07) is 11.0. The normalized spacial score (nSPS) is 17.7. The molecule has 0 radical (unpaired) electrons. The summed E-state index contributed by atoms with van der Waals surface area (Å²) in [7, 11) is -3.05. The Kier molecular flexibility index (Phi) is 2.77. The molecule has 2 aliphatic rings. The van der Waals surface area contributed by atoms with E-state index in [2.05, 4.69) is 5.32 Å². The lowest BCUT2D eigenvalue weighted by Gasteiger charge is -2.11. The fraction of sp³-hybridized carbons (Fsp3) is 0.188. The van der Waals surface area contributed by atoms with E-state index < -0.39 is 9.84 Å². The number of esters is 1. The van der Waals surface area contributed by atoms with E-state index in [9.17, 15) is 13.2 Å². The van der Waals surface area contributed by atoms with Crippen molar-refractivity contribution in [3.05, 3.63) is 58.7 Å². The molecule has 22 heavy (non-hydrogen) atoms. The number of carbonyl (C=O) groups excluding carboxylic acids is 1. The lowest BCUT2D eigenvalue weighted by molar-refractivity contribution is 0.0535. The van der Waals surface area contributed by atoms with Crippen LogP contribution in [0, 0.1) is 0 Å². The Bertz CT molecular complexity index is 902. The number of fused-ring (bicyclic) bond motifs is 2. The van der Waals surface area contributed by atoms with Gasteiger partial charge in [-0.1, -0.05) is 18.2 Å². The zero-order chi connectivity index (χ0) is 15.3. The summed E-state index contributed by atoms with van der Waals surface area (Å²) >= 11 is 0. The average molecular weight is 315 g/mol. The van der Waals surface area contributed by atoms with Gasteiger partial charge < -0.3 is 10.1 Å². The summed E-state index contributed by atoms with van der Waals surface area (Å²) in [5.74, 6) is -0.174. The number of hydrogen-bond acceptors (Lipinski definition) is 5. The molecule has 2 heterocycles. The molecular weight excluding hydrogens is 302 g/mol. The first kappa shape index (κ1) is 13.3. The molecule has 1 N–H and O–H groups in total. The van der Waals surface area contributed by atoms with Gasteiger partial charge in [-0.3, -0.25) is 0 Å². The number of rotatable bonds is 2. The van der Waals surface area contributed by atoms with Crippen molar-refractivity contribution >= 4 is 27.2 Å². The first-order chi connectivity index (χ1) is 10.5. The number of ether oxygens (including phenoxy) is 1. The molecule has 0 aliphatic carbocycles. The lowest BCUT2D eigenvalue weighted by Crippen LogP contribution is -1.99. The fourth-order valence-electron chi connectivity index (χ4n) is 2.91. The topological polar surface area (TPSA) is 72.5 Å². The minimum Gasteiger partial charge on any atom is -0.457 e. The SMILES string of the molecule is O=C1OCc2ccc(Nc3cccc4c3CS(=O)(=O)C4)cc21. The van der Waals surface area contributed by atoms with E-state index in [1.54, 1.807) is 6.07 Å². The molecule has 0 atom stereocenters. The minimum atomic E-state index is -3.05. The van der Waals surface area contributed by atoms with Crippen LogP contribution in [-0.2, 0) is 32.7 Å². The van der Waals surface area contributed by atoms with Gasteiger partial charge in [-0.15, -0.1) is 0 Å². The van der Waals surface area contributed by atoms with Crippen molar-refractivity contribution < 1.29 is 17.9 Å². The number of carbonyl (C=O) groups is 1. The van der Waals surface area contributed by atoms with Gasteiger partial charge in [-0.2, -0.15) is 0 Å². The van der Waals surface area contributed by atoms with Crippen molar-refractivity contribution in [1.29, 1.82) is 0 Å². The van der Waals surface area contributed by atoms with E-state index in [1.807, 2.05) is 30.3 Å². The fourth-order valence-corrected chi connectivity index (χ4v) is 4.54. The lowest BCUT2D eigenvalue weighted by atomic mass is 10.1. The average Bonchev–Trinajstić information content (AvgIpc) is 2.99. The maximum absolute atomic E-state index is 11.8. The molecule has 0 unspecified atom stereocenters. The summed E-state index contributed by atoms with van der Waals surface area (Å²) < 4.78 is 28.6. The molecule has 0 amide bonds. The molecule has 2 aromatic rings. The Morgan fingerprint density at radius 1 is 1.05 bits per heavy atom. The Balaban J connectivity index is 1.70. The quantitative estimate of drug-likeness (QED) is 0.862. The second kappa shape index (κ2) is 4.58. The largest absolute Gasteiger partial charge is 0.457 e. The Morgan fingerprint density at radius 3 is 2.77 bits per heavy atom. The van der Waals surface area contributed by atoms with Crippen molar-refractivity contribution in [3.63, 3.8) is 0 Å². The van der Waals surface area contributed by atoms with Crippen LogP contribution in [0.1, 0.15) is 27.0 Å². The number of benzene rings is 2. The molecule has 2 aromatic carbocycles. The zero-order valence-electron chi connectivity index (χ0n) is 11.6. The number of sulfone groups is 1. The van der Waals surface area contributed by atoms with Gasteiger partial charge >= 0.3 is 5.97 Å². The first-order valence-corrected chi connectivity index (χ1v) is 8.72. The van der Waals surface area contributed by atoms with Crippen LogP contribution in [0.3, 0.4) is 0 Å². The van der Waals surface area contributed by atoms with Crippen LogP contribution in [0.25, 0.3) is 0 Å². The molecule has 4 rings (SSSR count). The highest BCUT2D eigenvalue weighted by molar-refractivity contribution is 7.90. The van der Waals surface area contributed by atoms with Gasteiger partial charge in [0.1, 0.15) is 6.61 Å². The van der Waals surface area contributed by atoms with Crippen molar-refractivity contribution in [3.8, 4) is 0 Å². The van der Waals surface area contributed by atoms with Crippen LogP contribution in [0.4, 0.5) is 11.4 Å². The van der Waals surface area contributed by atoms with E-state index in [1.165, 1.54) is 0 Å². The predicted molar refractivity (Wildman–Crippen MR) is 81.6 cm³/mol. The van der Waals surface area contributed by atoms with Gasteiger partial charge in [0.2, 0.25) is 0 Å². The van der Waals surface area contributed by atoms with Crippen LogP contribution in [0.5, 0.6) is 0 Å². The summed E-state index contributed by atoms with van der Waals surface area (Å²) in [5, 5.41) is 3.22. The summed E-state index contributed by atoms with van der Waals surface area (Å²) in [6.07, 6.45) is 0. The van der Waals surface area contributed by atoms with Crippen LogP contribution < -0.4 is 5.32 Å². The number of nitrogens with one attached hydrogen (secondary N) is 1. The Morgan fingerprint density at radius 2 is 1.91 bits per heavy atom. The van der Waals surface area contributed by atoms with Crippen molar-refractivity contribution in [2.75, 3.05) is 5.32 Å². The second-order valence-electron chi connectivity index (χ2n) is 5.55. The molecule has 0 bridgehead atoms. The summed E-state index contributed by atoms with van der Waals surface area (Å²) in [6.45, 7) is 0.313. The summed E-state index contributed by atoms with van der Waals surface area (Å²) in [4.78, 5) is 11.6. The first-order valence-electron chi connectivity index (χ1n) is 6.90. The van der Waals surface area contributed by atoms with Crippen LogP contribution in [-0.4, -0.2) is 14.4 Å². The Hall–Kier alpha value is -2.34. The molecular formula is C16H13NO4S. The van der Waals surface area contributed by atoms with Crippen LogP contribution in [0.15, 0.2) is 36.4 Å². The third-order valence-corrected chi connectivity index (χ3v) is 5.46. The predicted octanol–water partition coefficient (Wildman–Crippen LogP) is 2.53. The third-order valence-electron chi connectivity index (χ3n) is 3.98. The van der Waals surface area contributed by atoms with Crippen LogP contribution >= 0.6 is 0 Å². The van der Waals surface area contributed by atoms with E-state index in [4.69, 9.17) is 4.74 Å². The van der Waals surface area contributed by atoms with Crippen molar-refractivity contribution in [2.45, 2.75) is 18.1 Å². The highest BCUT2D eigenvalue weighted by Gasteiger charge is 2.27. The van der Waals surface area contributed by atoms with E-state index in [-0.39, 0.29) is 17.5 Å². The smallest absolute Gasteiger partial charge is 0.338 e. The third kappa shape index (κ3) is 2.16. The van der Waals surface area contributed by atoms with Crippen molar-refractivity contribution in [2.24, 2.45) is 0 Å². The van der Waals surface area contributed by atoms with E-state index in [0.29, 0.717) is 12.2 Å². The number of hydrogen-bond donors (Lipinski definition) is 1. The number of anilines is 2. The molecule has 0 saturated carbocycles. The van der Waals surface area contributed by atoms with Crippen LogP contribution in [0.2, 0.25) is 0 Å². The van der Waals surface area contributed by atoms with Gasteiger partial charge in [0, 0.05) is 16.9 Å². The van der Waals surface area contributed by atoms with Gasteiger partial charge in [0.15, 0.2) is 9.84 Å². The molecule has 0 saturated heterocycles. The highest BCUT2D eigenvalue weighted by Crippen LogP contribution is 2.33. The van der Waals surface area contributed by atoms with Gasteiger partial charge in [0.25, 0.3) is 0 Å². The minimum absolute atomic E-state index is 0.0541. The monoisotopic (exact) mass is 315 g/mol. The molecule has 0 aromatic heterocycles. The Labute approximate surface area is 127 Å². The summed E-state index contributed by atoms with van der Waals surface area (Å²) in [5.41, 5.74) is 4.60. The molecule has 0 spiro atoms. The maximum atomic E-state index is 11.8. The zero-order valence-corrected chi connectivity index (χ0v) is 12.4. The second-order valence-corrected chi connectivity index (χ2v) is 7.61. The molecule has 6 heteroatoms. The van der Waals surface area contributed by atoms with E-state index >= 15 is 0 Å². The highest BCUT2D eigenvalue weighted by atomic mass is 32.2. The molecule has 112 valence electrons. The van der Waals surface area contributed by atoms with Crippen molar-refractivity contribution in [1.82, 2.24) is 0 Å². The molecule has 2 aliphatic heterocycles. The molecule has 5 nitrogen and oxygen atoms in total. The maximum Gasteiger partial charge on any atom is 0.338 e. The van der Waals surface area contributed by atoms with Gasteiger partial charge in [-0.05, 0) is 29.3 Å². The van der Waals surface area contributed by atoms with E-state index in [0.717, 1.165) is 28.1 Å². The molecule has 0 fully saturated rings. The number of cyclic esters (lactones) is 1. The van der Waals surface area contributed by atoms with Gasteiger partial charge in [-0.25, -0.2) is 13.2 Å². The van der Waals surface area contributed by atoms with Gasteiger partial charge in [0.05, 0.1) is 17.1 Å².